The van der Waals surface area contributed by atoms with Crippen LogP contribution in [-0.2, 0) is 14.3 Å². The second-order valence-electron chi connectivity index (χ2n) is 7.66. The van der Waals surface area contributed by atoms with Crippen molar-refractivity contribution >= 4 is 40.2 Å². The zero-order chi connectivity index (χ0) is 24.9. The maximum Gasteiger partial charge on any atom is 0.350 e. The number of amides is 1. The maximum atomic E-state index is 13.2. The number of ether oxygens (including phenoxy) is 1. The Kier molecular flexibility index (Phi) is 7.03. The van der Waals surface area contributed by atoms with E-state index in [0.29, 0.717) is 11.3 Å². The van der Waals surface area contributed by atoms with Crippen LogP contribution in [0.15, 0.2) is 90.7 Å². The average Bonchev–Trinajstić information content (AvgIpc) is 3.39. The molecule has 7 nitrogen and oxygen atoms in total. The van der Waals surface area contributed by atoms with Crippen molar-refractivity contribution in [2.45, 2.75) is 13.0 Å². The minimum atomic E-state index is -0.917. The van der Waals surface area contributed by atoms with Crippen molar-refractivity contribution in [3.05, 3.63) is 112 Å². The van der Waals surface area contributed by atoms with E-state index in [9.17, 15) is 19.5 Å². The number of rotatable bonds is 8. The Morgan fingerprint density at radius 1 is 1.14 bits per heavy atom. The van der Waals surface area contributed by atoms with E-state index < -0.39 is 29.5 Å². The van der Waals surface area contributed by atoms with Gasteiger partial charge in [0.1, 0.15) is 11.5 Å². The summed E-state index contributed by atoms with van der Waals surface area (Å²) in [7, 11) is 0. The number of hydrogen-bond acceptors (Lipinski definition) is 7. The van der Waals surface area contributed by atoms with Crippen LogP contribution in [0.2, 0.25) is 0 Å². The number of carbonyl (C=O) groups excluding carboxylic acids is 3. The molecule has 0 saturated heterocycles. The van der Waals surface area contributed by atoms with E-state index in [-0.39, 0.29) is 22.2 Å². The van der Waals surface area contributed by atoms with Gasteiger partial charge in [-0.2, -0.15) is 0 Å². The predicted molar refractivity (Wildman–Crippen MR) is 134 cm³/mol. The number of ketones is 1. The number of aromatic nitrogens is 1. The van der Waals surface area contributed by atoms with Gasteiger partial charge in [-0.3, -0.25) is 14.5 Å². The van der Waals surface area contributed by atoms with Gasteiger partial charge in [-0.15, -0.1) is 0 Å². The Labute approximate surface area is 206 Å². The van der Waals surface area contributed by atoms with Gasteiger partial charge in [-0.1, -0.05) is 90.7 Å². The topological polar surface area (TPSA) is 96.8 Å². The molecule has 0 aliphatic carbocycles. The Bertz CT molecular complexity index is 1340. The van der Waals surface area contributed by atoms with Crippen LogP contribution in [0, 0.1) is 6.92 Å². The summed E-state index contributed by atoms with van der Waals surface area (Å²) in [6.07, 6.45) is 4.41. The number of carbonyl (C=O) groups is 3. The maximum absolute atomic E-state index is 13.2. The number of aliphatic hydroxyl groups excluding tert-OH is 1. The normalized spacial score (nSPS) is 15.6. The molecule has 4 rings (SSSR count). The SMILES string of the molecule is C=CCOC(=O)c1sc(N2C(=O)C(O)=C(C(=O)C=Cc3ccccc3)C2c2ccccc2)nc1C. The summed E-state index contributed by atoms with van der Waals surface area (Å²) in [5.74, 6) is -2.51. The van der Waals surface area contributed by atoms with Crippen LogP contribution in [0.4, 0.5) is 5.13 Å². The van der Waals surface area contributed by atoms with Gasteiger partial charge in [0.05, 0.1) is 17.3 Å². The molecule has 1 aliphatic heterocycles. The van der Waals surface area contributed by atoms with Crippen molar-refractivity contribution < 1.29 is 24.2 Å². The molecule has 1 aromatic heterocycles. The van der Waals surface area contributed by atoms with E-state index in [4.69, 9.17) is 4.74 Å². The number of allylic oxidation sites excluding steroid dienone is 1. The molecule has 8 heteroatoms. The highest BCUT2D eigenvalue weighted by Crippen LogP contribution is 2.43. The number of nitrogens with zero attached hydrogens (tertiary/aromatic N) is 2. The molecule has 0 fully saturated rings. The number of anilines is 1. The van der Waals surface area contributed by atoms with Crippen LogP contribution < -0.4 is 4.90 Å². The van der Waals surface area contributed by atoms with Crippen LogP contribution >= 0.6 is 11.3 Å². The van der Waals surface area contributed by atoms with Crippen molar-refractivity contribution in [3.63, 3.8) is 0 Å². The fourth-order valence-corrected chi connectivity index (χ4v) is 4.69. The standard InChI is InChI=1S/C27H22N2O5S/c1-3-16-34-26(33)24-17(2)28-27(35-24)29-22(19-12-8-5-9-13-19)21(23(31)25(29)32)20(30)15-14-18-10-6-4-7-11-18/h3-15,22,31H,1,16H2,2H3. The Balaban J connectivity index is 1.75. The minimum absolute atomic E-state index is 0.0372. The Morgan fingerprint density at radius 3 is 2.46 bits per heavy atom. The van der Waals surface area contributed by atoms with Gasteiger partial charge < -0.3 is 9.84 Å². The lowest BCUT2D eigenvalue weighted by atomic mass is 9.96. The van der Waals surface area contributed by atoms with Crippen LogP contribution in [-0.4, -0.2) is 34.4 Å². The second-order valence-corrected chi connectivity index (χ2v) is 8.63. The first-order chi connectivity index (χ1) is 16.9. The van der Waals surface area contributed by atoms with Crippen molar-refractivity contribution in [1.82, 2.24) is 4.98 Å². The third kappa shape index (κ3) is 4.83. The molecule has 0 spiro atoms. The number of thiazole rings is 1. The van der Waals surface area contributed by atoms with Crippen molar-refractivity contribution in [1.29, 1.82) is 0 Å². The lowest BCUT2D eigenvalue weighted by Crippen LogP contribution is -2.30. The van der Waals surface area contributed by atoms with Gasteiger partial charge in [-0.25, -0.2) is 9.78 Å². The molecule has 1 N–H and O–H groups in total. The van der Waals surface area contributed by atoms with E-state index in [1.165, 1.54) is 17.1 Å². The molecule has 3 aromatic rings. The molecular weight excluding hydrogens is 464 g/mol. The number of benzene rings is 2. The first kappa shape index (κ1) is 23.8. The van der Waals surface area contributed by atoms with Gasteiger partial charge in [0.2, 0.25) is 0 Å². The van der Waals surface area contributed by atoms with Crippen LogP contribution in [0.5, 0.6) is 0 Å². The largest absolute Gasteiger partial charge is 0.503 e. The fourth-order valence-electron chi connectivity index (χ4n) is 3.71. The Hall–Kier alpha value is -4.30. The summed E-state index contributed by atoms with van der Waals surface area (Å²) in [6.45, 7) is 5.19. The number of hydrogen-bond donors (Lipinski definition) is 1. The van der Waals surface area contributed by atoms with E-state index in [2.05, 4.69) is 11.6 Å². The molecule has 0 bridgehead atoms. The summed E-state index contributed by atoms with van der Waals surface area (Å²) < 4.78 is 5.11. The van der Waals surface area contributed by atoms with Crippen LogP contribution in [0.3, 0.4) is 0 Å². The van der Waals surface area contributed by atoms with Crippen LogP contribution in [0.25, 0.3) is 6.08 Å². The second kappa shape index (κ2) is 10.3. The summed E-state index contributed by atoms with van der Waals surface area (Å²) in [6, 6.07) is 17.2. The van der Waals surface area contributed by atoms with E-state index in [0.717, 1.165) is 16.9 Å². The Morgan fingerprint density at radius 2 is 1.80 bits per heavy atom. The monoisotopic (exact) mass is 486 g/mol. The smallest absolute Gasteiger partial charge is 0.350 e. The highest BCUT2D eigenvalue weighted by molar-refractivity contribution is 7.17. The first-order valence-corrected chi connectivity index (χ1v) is 11.6. The average molecular weight is 487 g/mol. The van der Waals surface area contributed by atoms with E-state index in [1.54, 1.807) is 37.3 Å². The molecule has 1 atom stereocenters. The lowest BCUT2D eigenvalue weighted by molar-refractivity contribution is -0.117. The molecule has 2 heterocycles. The number of aryl methyl sites for hydroxylation is 1. The zero-order valence-electron chi connectivity index (χ0n) is 18.9. The predicted octanol–water partition coefficient (Wildman–Crippen LogP) is 4.98. The minimum Gasteiger partial charge on any atom is -0.503 e. The zero-order valence-corrected chi connectivity index (χ0v) is 19.7. The molecule has 1 amide bonds. The number of esters is 1. The lowest BCUT2D eigenvalue weighted by Gasteiger charge is -2.24. The molecule has 0 saturated carbocycles. The third-order valence-corrected chi connectivity index (χ3v) is 6.46. The fraction of sp³-hybridized carbons (Fsp3) is 0.111. The summed E-state index contributed by atoms with van der Waals surface area (Å²) >= 11 is 0.962. The molecule has 35 heavy (non-hydrogen) atoms. The van der Waals surface area contributed by atoms with Crippen LogP contribution in [0.1, 0.15) is 32.5 Å². The molecule has 176 valence electrons. The quantitative estimate of drug-likeness (QED) is 0.274. The summed E-state index contributed by atoms with van der Waals surface area (Å²) in [5.41, 5.74) is 1.74. The molecule has 1 aliphatic rings. The van der Waals surface area contributed by atoms with E-state index in [1.807, 2.05) is 36.4 Å². The summed E-state index contributed by atoms with van der Waals surface area (Å²) in [5, 5.41) is 11.0. The third-order valence-electron chi connectivity index (χ3n) is 5.32. The van der Waals surface area contributed by atoms with E-state index >= 15 is 0 Å². The highest BCUT2D eigenvalue weighted by atomic mass is 32.1. The van der Waals surface area contributed by atoms with Gasteiger partial charge in [0.15, 0.2) is 16.7 Å². The van der Waals surface area contributed by atoms with Crippen molar-refractivity contribution in [2.75, 3.05) is 11.5 Å². The van der Waals surface area contributed by atoms with Gasteiger partial charge >= 0.3 is 5.97 Å². The molecule has 1 unspecified atom stereocenters. The summed E-state index contributed by atoms with van der Waals surface area (Å²) in [4.78, 5) is 44.8. The highest BCUT2D eigenvalue weighted by Gasteiger charge is 2.45. The molecule has 0 radical (unpaired) electrons. The van der Waals surface area contributed by atoms with Gasteiger partial charge in [0, 0.05) is 0 Å². The molecule has 2 aromatic carbocycles. The van der Waals surface area contributed by atoms with Crippen molar-refractivity contribution in [3.8, 4) is 0 Å². The first-order valence-electron chi connectivity index (χ1n) is 10.8. The number of aliphatic hydroxyl groups is 1. The van der Waals surface area contributed by atoms with Gasteiger partial charge in [-0.05, 0) is 24.1 Å². The molecular formula is C27H22N2O5S. The van der Waals surface area contributed by atoms with Gasteiger partial charge in [0.25, 0.3) is 5.91 Å². The van der Waals surface area contributed by atoms with Crippen molar-refractivity contribution in [2.24, 2.45) is 0 Å².